The van der Waals surface area contributed by atoms with Crippen molar-refractivity contribution in [3.8, 4) is 0 Å². The Balaban J connectivity index is 1.84. The van der Waals surface area contributed by atoms with Crippen LogP contribution in [-0.2, 0) is 0 Å². The number of benzene rings is 1. The van der Waals surface area contributed by atoms with Crippen LogP contribution in [0.4, 0.5) is 10.1 Å². The van der Waals surface area contributed by atoms with E-state index in [4.69, 9.17) is 4.99 Å². The second kappa shape index (κ2) is 5.89. The molecule has 1 saturated heterocycles. The molecular formula is C17H18FN3S. The van der Waals surface area contributed by atoms with E-state index in [2.05, 4.69) is 16.3 Å². The van der Waals surface area contributed by atoms with Gasteiger partial charge < -0.3 is 10.2 Å². The first-order valence-corrected chi connectivity index (χ1v) is 8.54. The number of nitrogens with zero attached hydrogens (tertiary/aromatic N) is 2. The summed E-state index contributed by atoms with van der Waals surface area (Å²) >= 11 is 1.74. The van der Waals surface area contributed by atoms with Gasteiger partial charge in [-0.3, -0.25) is 0 Å². The Morgan fingerprint density at radius 1 is 1.14 bits per heavy atom. The predicted octanol–water partition coefficient (Wildman–Crippen LogP) is 3.63. The summed E-state index contributed by atoms with van der Waals surface area (Å²) in [7, 11) is 0. The number of rotatable bonds is 0. The van der Waals surface area contributed by atoms with E-state index in [1.165, 1.54) is 4.91 Å². The van der Waals surface area contributed by atoms with Crippen LogP contribution in [0.25, 0.3) is 0 Å². The molecule has 2 aliphatic heterocycles. The highest BCUT2D eigenvalue weighted by atomic mass is 32.2. The molecule has 3 aliphatic rings. The van der Waals surface area contributed by atoms with Crippen molar-refractivity contribution in [2.45, 2.75) is 17.7 Å². The number of nitrogens with one attached hydrogen (secondary N) is 1. The van der Waals surface area contributed by atoms with Crippen LogP contribution in [0.5, 0.6) is 0 Å². The maximum Gasteiger partial charge on any atom is 0.137 e. The Bertz CT molecular complexity index is 687. The van der Waals surface area contributed by atoms with Gasteiger partial charge in [0.15, 0.2) is 0 Å². The zero-order valence-corrected chi connectivity index (χ0v) is 13.1. The number of halogens is 1. The molecule has 4 rings (SSSR count). The van der Waals surface area contributed by atoms with E-state index in [9.17, 15) is 4.39 Å². The molecule has 1 aliphatic carbocycles. The number of para-hydroxylation sites is 1. The number of hydrogen-bond acceptors (Lipinski definition) is 4. The zero-order valence-electron chi connectivity index (χ0n) is 12.3. The molecule has 0 saturated carbocycles. The van der Waals surface area contributed by atoms with E-state index in [1.54, 1.807) is 17.8 Å². The van der Waals surface area contributed by atoms with Crippen molar-refractivity contribution in [3.63, 3.8) is 0 Å². The Hall–Kier alpha value is -1.59. The third kappa shape index (κ3) is 2.59. The van der Waals surface area contributed by atoms with Crippen LogP contribution < -0.4 is 5.32 Å². The Kier molecular flexibility index (Phi) is 3.76. The molecule has 1 N–H and O–H groups in total. The van der Waals surface area contributed by atoms with Gasteiger partial charge >= 0.3 is 0 Å². The average molecular weight is 315 g/mol. The van der Waals surface area contributed by atoms with Crippen molar-refractivity contribution >= 4 is 23.3 Å². The molecule has 1 aromatic rings. The number of hydrogen-bond donors (Lipinski definition) is 1. The smallest absolute Gasteiger partial charge is 0.137 e. The number of thioether (sulfide) groups is 1. The summed E-state index contributed by atoms with van der Waals surface area (Å²) in [5.74, 6) is 0.900. The van der Waals surface area contributed by atoms with Gasteiger partial charge in [0.25, 0.3) is 0 Å². The second-order valence-corrected chi connectivity index (χ2v) is 6.81. The van der Waals surface area contributed by atoms with E-state index in [0.29, 0.717) is 6.42 Å². The van der Waals surface area contributed by atoms with E-state index >= 15 is 0 Å². The summed E-state index contributed by atoms with van der Waals surface area (Å²) in [6.45, 7) is 3.72. The molecule has 0 radical (unpaired) electrons. The van der Waals surface area contributed by atoms with Crippen molar-refractivity contribution in [2.24, 2.45) is 4.99 Å². The van der Waals surface area contributed by atoms with Gasteiger partial charge in [-0.2, -0.15) is 0 Å². The van der Waals surface area contributed by atoms with Crippen LogP contribution in [0.1, 0.15) is 12.8 Å². The fourth-order valence-corrected chi connectivity index (χ4v) is 4.13. The fourth-order valence-electron chi connectivity index (χ4n) is 3.03. The molecule has 114 valence electrons. The molecule has 0 aromatic heterocycles. The monoisotopic (exact) mass is 315 g/mol. The minimum absolute atomic E-state index is 0.0341. The van der Waals surface area contributed by atoms with Gasteiger partial charge in [0.1, 0.15) is 11.7 Å². The highest BCUT2D eigenvalue weighted by Crippen LogP contribution is 2.44. The lowest BCUT2D eigenvalue weighted by Gasteiger charge is -2.31. The van der Waals surface area contributed by atoms with E-state index < -0.39 is 0 Å². The molecule has 0 amide bonds. The molecule has 5 heteroatoms. The number of piperazine rings is 1. The van der Waals surface area contributed by atoms with Crippen LogP contribution in [0.3, 0.4) is 0 Å². The molecule has 2 heterocycles. The third-order valence-electron chi connectivity index (χ3n) is 4.17. The molecule has 22 heavy (non-hydrogen) atoms. The van der Waals surface area contributed by atoms with Crippen LogP contribution in [0, 0.1) is 0 Å². The number of aliphatic imine (C=N–C) groups is 1. The van der Waals surface area contributed by atoms with E-state index in [-0.39, 0.29) is 5.83 Å². The Morgan fingerprint density at radius 2 is 1.95 bits per heavy atom. The predicted molar refractivity (Wildman–Crippen MR) is 89.3 cm³/mol. The standard InChI is InChI=1S/C17H18FN3S/c18-12-5-6-15-13(11-12)17(21-9-7-19-8-10-21)20-14-3-1-2-4-16(14)22-15/h1-4,11,19H,5-10H2. The lowest BCUT2D eigenvalue weighted by Crippen LogP contribution is -2.47. The molecule has 1 fully saturated rings. The molecular weight excluding hydrogens is 297 g/mol. The fraction of sp³-hybridized carbons (Fsp3) is 0.353. The summed E-state index contributed by atoms with van der Waals surface area (Å²) in [5, 5.41) is 3.36. The minimum atomic E-state index is -0.0341. The maximum absolute atomic E-state index is 13.9. The van der Waals surface area contributed by atoms with E-state index in [1.807, 2.05) is 18.2 Å². The number of allylic oxidation sites excluding steroid dienone is 2. The minimum Gasteiger partial charge on any atom is -0.354 e. The van der Waals surface area contributed by atoms with Crippen molar-refractivity contribution < 1.29 is 4.39 Å². The first-order chi connectivity index (χ1) is 10.8. The lowest BCUT2D eigenvalue weighted by molar-refractivity contribution is 0.357. The average Bonchev–Trinajstić information content (AvgIpc) is 2.72. The van der Waals surface area contributed by atoms with Crippen LogP contribution in [0.15, 0.2) is 56.5 Å². The summed E-state index contributed by atoms with van der Waals surface area (Å²) < 4.78 is 13.9. The SMILES string of the molecule is FC1=CC2=C(CC1)Sc1ccccc1N=C2N1CCNCC1. The third-order valence-corrected chi connectivity index (χ3v) is 5.41. The molecule has 3 nitrogen and oxygen atoms in total. The Morgan fingerprint density at radius 3 is 2.82 bits per heavy atom. The van der Waals surface area contributed by atoms with Gasteiger partial charge in [-0.15, -0.1) is 0 Å². The summed E-state index contributed by atoms with van der Waals surface area (Å²) in [6, 6.07) is 8.20. The van der Waals surface area contributed by atoms with Gasteiger partial charge in [0, 0.05) is 48.0 Å². The van der Waals surface area contributed by atoms with Crippen molar-refractivity contribution in [2.75, 3.05) is 26.2 Å². The van der Waals surface area contributed by atoms with Crippen LogP contribution in [-0.4, -0.2) is 36.9 Å². The number of fused-ring (bicyclic) bond motifs is 1. The molecule has 0 atom stereocenters. The van der Waals surface area contributed by atoms with Crippen LogP contribution >= 0.6 is 11.8 Å². The zero-order chi connectivity index (χ0) is 14.9. The molecule has 0 bridgehead atoms. The molecule has 1 aromatic carbocycles. The number of amidine groups is 1. The quantitative estimate of drug-likeness (QED) is 0.792. The van der Waals surface area contributed by atoms with Gasteiger partial charge in [0.05, 0.1) is 5.69 Å². The van der Waals surface area contributed by atoms with Crippen LogP contribution in [0.2, 0.25) is 0 Å². The van der Waals surface area contributed by atoms with Crippen molar-refractivity contribution in [3.05, 3.63) is 46.6 Å². The normalized spacial score (nSPS) is 21.6. The summed E-state index contributed by atoms with van der Waals surface area (Å²) in [6.07, 6.45) is 2.96. The van der Waals surface area contributed by atoms with Gasteiger partial charge in [0.2, 0.25) is 0 Å². The lowest BCUT2D eigenvalue weighted by atomic mass is 10.0. The molecule has 0 unspecified atom stereocenters. The van der Waals surface area contributed by atoms with Gasteiger partial charge in [-0.1, -0.05) is 23.9 Å². The Labute approximate surface area is 134 Å². The summed E-state index contributed by atoms with van der Waals surface area (Å²) in [4.78, 5) is 9.59. The van der Waals surface area contributed by atoms with Gasteiger partial charge in [-0.05, 0) is 24.6 Å². The van der Waals surface area contributed by atoms with Crippen molar-refractivity contribution in [1.29, 1.82) is 0 Å². The largest absolute Gasteiger partial charge is 0.354 e. The first kappa shape index (κ1) is 14.0. The van der Waals surface area contributed by atoms with E-state index in [0.717, 1.165) is 54.6 Å². The first-order valence-electron chi connectivity index (χ1n) is 7.72. The maximum atomic E-state index is 13.9. The highest BCUT2D eigenvalue weighted by molar-refractivity contribution is 8.03. The molecule has 0 spiro atoms. The summed E-state index contributed by atoms with van der Waals surface area (Å²) in [5.41, 5.74) is 1.97. The highest BCUT2D eigenvalue weighted by Gasteiger charge is 2.26. The topological polar surface area (TPSA) is 27.6 Å². The van der Waals surface area contributed by atoms with Crippen molar-refractivity contribution in [1.82, 2.24) is 10.2 Å². The second-order valence-electron chi connectivity index (χ2n) is 5.67. The van der Waals surface area contributed by atoms with Gasteiger partial charge in [-0.25, -0.2) is 9.38 Å².